The smallest absolute Gasteiger partial charge is 0.243 e. The minimum absolute atomic E-state index is 0.0302. The van der Waals surface area contributed by atoms with Crippen molar-refractivity contribution in [2.45, 2.75) is 57.1 Å². The Hall–Kier alpha value is -3.20. The van der Waals surface area contributed by atoms with Crippen molar-refractivity contribution in [1.29, 1.82) is 0 Å². The molecule has 0 aromatic heterocycles. The Balaban J connectivity index is 1.97. The number of hydrogen-bond acceptors (Lipinski definition) is 4. The summed E-state index contributed by atoms with van der Waals surface area (Å²) in [5.41, 5.74) is 2.80. The summed E-state index contributed by atoms with van der Waals surface area (Å²) >= 11 is 5.92. The van der Waals surface area contributed by atoms with Gasteiger partial charge < -0.3 is 10.2 Å². The molecule has 208 valence electrons. The highest BCUT2D eigenvalue weighted by Gasteiger charge is 2.33. The van der Waals surface area contributed by atoms with Gasteiger partial charge in [0, 0.05) is 31.1 Å². The largest absolute Gasteiger partial charge is 0.352 e. The second-order valence-electron chi connectivity index (χ2n) is 9.75. The number of aryl methyl sites for hydroxylation is 1. The summed E-state index contributed by atoms with van der Waals surface area (Å²) in [5, 5.41) is 3.43. The maximum atomic E-state index is 13.9. The first kappa shape index (κ1) is 30.3. The number of hydrogen-bond donors (Lipinski definition) is 1. The summed E-state index contributed by atoms with van der Waals surface area (Å²) in [6.45, 7) is 5.58. The first-order valence-electron chi connectivity index (χ1n) is 12.9. The number of nitrogens with one attached hydrogen (secondary N) is 1. The molecule has 1 N–H and O–H groups in total. The van der Waals surface area contributed by atoms with E-state index in [0.29, 0.717) is 5.02 Å². The van der Waals surface area contributed by atoms with Crippen molar-refractivity contribution >= 4 is 33.4 Å². The van der Waals surface area contributed by atoms with Gasteiger partial charge in [0.15, 0.2) is 0 Å². The van der Waals surface area contributed by atoms with Gasteiger partial charge in [0.2, 0.25) is 21.8 Å². The standard InChI is InChI=1S/C30H36ClN3O4S/c1-5-23(3)32-30(36)28(19-24-9-7-6-8-10-24)34(20-25-13-11-22(2)12-14-25)29(35)21-33(4)39(37,38)27-17-15-26(31)16-18-27/h6-18,23,28H,5,19-21H2,1-4H3,(H,32,36)/t23-,28-/m1/s1. The third-order valence-electron chi connectivity index (χ3n) is 6.63. The van der Waals surface area contributed by atoms with E-state index in [9.17, 15) is 18.0 Å². The van der Waals surface area contributed by atoms with Crippen LogP contribution in [0.4, 0.5) is 0 Å². The maximum absolute atomic E-state index is 13.9. The number of sulfonamides is 1. The molecule has 0 saturated heterocycles. The predicted octanol–water partition coefficient (Wildman–Crippen LogP) is 4.82. The lowest BCUT2D eigenvalue weighted by atomic mass is 10.0. The second-order valence-corrected chi connectivity index (χ2v) is 12.2. The fourth-order valence-corrected chi connectivity index (χ4v) is 5.28. The molecule has 0 spiro atoms. The van der Waals surface area contributed by atoms with Crippen LogP contribution < -0.4 is 5.32 Å². The number of carbonyl (C=O) groups excluding carboxylic acids is 2. The van der Waals surface area contributed by atoms with Crippen LogP contribution in [0.25, 0.3) is 0 Å². The average molecular weight is 570 g/mol. The third-order valence-corrected chi connectivity index (χ3v) is 8.69. The predicted molar refractivity (Wildman–Crippen MR) is 155 cm³/mol. The van der Waals surface area contributed by atoms with Gasteiger partial charge in [0.25, 0.3) is 0 Å². The van der Waals surface area contributed by atoms with E-state index in [-0.39, 0.29) is 29.8 Å². The van der Waals surface area contributed by atoms with E-state index >= 15 is 0 Å². The van der Waals surface area contributed by atoms with Gasteiger partial charge in [-0.2, -0.15) is 4.31 Å². The summed E-state index contributed by atoms with van der Waals surface area (Å²) in [5.74, 6) is -0.757. The molecule has 0 heterocycles. The number of carbonyl (C=O) groups is 2. The number of halogens is 1. The minimum atomic E-state index is -3.96. The Morgan fingerprint density at radius 1 is 0.923 bits per heavy atom. The van der Waals surface area contributed by atoms with Crippen LogP contribution in [0.5, 0.6) is 0 Å². The van der Waals surface area contributed by atoms with Crippen molar-refractivity contribution in [1.82, 2.24) is 14.5 Å². The molecule has 3 aromatic rings. The fraction of sp³-hybridized carbons (Fsp3) is 0.333. The van der Waals surface area contributed by atoms with E-state index in [4.69, 9.17) is 11.6 Å². The molecule has 0 aliphatic rings. The Morgan fingerprint density at radius 2 is 1.54 bits per heavy atom. The highest BCUT2D eigenvalue weighted by Crippen LogP contribution is 2.20. The molecule has 3 aromatic carbocycles. The molecule has 0 aliphatic heterocycles. The Bertz CT molecular complexity index is 1350. The number of rotatable bonds is 12. The monoisotopic (exact) mass is 569 g/mol. The first-order valence-corrected chi connectivity index (χ1v) is 14.7. The van der Waals surface area contributed by atoms with Gasteiger partial charge in [-0.1, -0.05) is 78.7 Å². The number of amides is 2. The van der Waals surface area contributed by atoms with Gasteiger partial charge in [0.1, 0.15) is 6.04 Å². The van der Waals surface area contributed by atoms with Gasteiger partial charge in [0.05, 0.1) is 11.4 Å². The SMILES string of the molecule is CC[C@@H](C)NC(=O)[C@@H](Cc1ccccc1)N(Cc1ccc(C)cc1)C(=O)CN(C)S(=O)(=O)c1ccc(Cl)cc1. The van der Waals surface area contributed by atoms with Crippen LogP contribution in [-0.4, -0.2) is 55.1 Å². The van der Waals surface area contributed by atoms with E-state index in [0.717, 1.165) is 27.4 Å². The maximum Gasteiger partial charge on any atom is 0.243 e. The van der Waals surface area contributed by atoms with Crippen LogP contribution in [0.15, 0.2) is 83.8 Å². The first-order chi connectivity index (χ1) is 18.5. The number of likely N-dealkylation sites (N-methyl/N-ethyl adjacent to an activating group) is 1. The topological polar surface area (TPSA) is 86.8 Å². The Labute approximate surface area is 236 Å². The van der Waals surface area contributed by atoms with Crippen LogP contribution in [-0.2, 0) is 32.6 Å². The molecule has 3 rings (SSSR count). The summed E-state index contributed by atoms with van der Waals surface area (Å²) in [6.07, 6.45) is 1.02. The van der Waals surface area contributed by atoms with Gasteiger partial charge in [-0.3, -0.25) is 9.59 Å². The molecular formula is C30H36ClN3O4S. The molecule has 2 atom stereocenters. The molecule has 39 heavy (non-hydrogen) atoms. The molecule has 0 saturated carbocycles. The molecule has 0 fully saturated rings. The van der Waals surface area contributed by atoms with Crippen molar-refractivity contribution in [2.24, 2.45) is 0 Å². The average Bonchev–Trinajstić information content (AvgIpc) is 2.92. The zero-order valence-corrected chi connectivity index (χ0v) is 24.4. The van der Waals surface area contributed by atoms with E-state index in [1.165, 1.54) is 36.2 Å². The van der Waals surface area contributed by atoms with Crippen molar-refractivity contribution < 1.29 is 18.0 Å². The lowest BCUT2D eigenvalue weighted by Gasteiger charge is -2.33. The van der Waals surface area contributed by atoms with Crippen molar-refractivity contribution in [3.05, 3.63) is 101 Å². The van der Waals surface area contributed by atoms with Crippen molar-refractivity contribution in [3.8, 4) is 0 Å². The van der Waals surface area contributed by atoms with Gasteiger partial charge >= 0.3 is 0 Å². The van der Waals surface area contributed by atoms with E-state index < -0.39 is 28.5 Å². The molecule has 9 heteroatoms. The van der Waals surface area contributed by atoms with Crippen LogP contribution in [0.1, 0.15) is 37.0 Å². The Kier molecular flexibility index (Phi) is 10.7. The lowest BCUT2D eigenvalue weighted by molar-refractivity contribution is -0.141. The van der Waals surface area contributed by atoms with Crippen LogP contribution in [0, 0.1) is 6.92 Å². The van der Waals surface area contributed by atoms with E-state index in [1.807, 2.05) is 75.4 Å². The van der Waals surface area contributed by atoms with Gasteiger partial charge in [-0.15, -0.1) is 0 Å². The minimum Gasteiger partial charge on any atom is -0.352 e. The zero-order chi connectivity index (χ0) is 28.6. The highest BCUT2D eigenvalue weighted by atomic mass is 35.5. The summed E-state index contributed by atoms with van der Waals surface area (Å²) in [6, 6.07) is 22.1. The normalized spacial score (nSPS) is 13.1. The molecular weight excluding hydrogens is 534 g/mol. The third kappa shape index (κ3) is 8.39. The zero-order valence-electron chi connectivity index (χ0n) is 22.8. The highest BCUT2D eigenvalue weighted by molar-refractivity contribution is 7.89. The quantitative estimate of drug-likeness (QED) is 0.339. The van der Waals surface area contributed by atoms with Crippen molar-refractivity contribution in [3.63, 3.8) is 0 Å². The fourth-order valence-electron chi connectivity index (χ4n) is 4.04. The molecule has 0 aliphatic carbocycles. The number of nitrogens with zero attached hydrogens (tertiary/aromatic N) is 2. The second kappa shape index (κ2) is 13.7. The van der Waals surface area contributed by atoms with E-state index in [2.05, 4.69) is 5.32 Å². The van der Waals surface area contributed by atoms with Gasteiger partial charge in [-0.25, -0.2) is 8.42 Å². The molecule has 0 bridgehead atoms. The Morgan fingerprint density at radius 3 is 2.13 bits per heavy atom. The van der Waals surface area contributed by atoms with Crippen LogP contribution in [0.3, 0.4) is 0 Å². The van der Waals surface area contributed by atoms with Gasteiger partial charge in [-0.05, 0) is 55.7 Å². The molecule has 7 nitrogen and oxygen atoms in total. The molecule has 0 radical (unpaired) electrons. The molecule has 0 unspecified atom stereocenters. The lowest BCUT2D eigenvalue weighted by Crippen LogP contribution is -2.54. The van der Waals surface area contributed by atoms with Crippen molar-refractivity contribution in [2.75, 3.05) is 13.6 Å². The van der Waals surface area contributed by atoms with Crippen LogP contribution in [0.2, 0.25) is 5.02 Å². The summed E-state index contributed by atoms with van der Waals surface area (Å²) in [4.78, 5) is 29.0. The van der Waals surface area contributed by atoms with Crippen LogP contribution >= 0.6 is 11.6 Å². The molecule has 2 amide bonds. The van der Waals surface area contributed by atoms with E-state index in [1.54, 1.807) is 0 Å². The number of benzene rings is 3. The summed E-state index contributed by atoms with van der Waals surface area (Å²) < 4.78 is 27.4. The summed E-state index contributed by atoms with van der Waals surface area (Å²) in [7, 11) is -2.61.